The van der Waals surface area contributed by atoms with Crippen molar-refractivity contribution in [1.82, 2.24) is 14.8 Å². The zero-order valence-corrected chi connectivity index (χ0v) is 24.7. The lowest BCUT2D eigenvalue weighted by Gasteiger charge is -2.19. The fourth-order valence-electron chi connectivity index (χ4n) is 3.74. The molecule has 13 heteroatoms. The maximum atomic E-state index is 13.5. The molecule has 0 saturated heterocycles. The summed E-state index contributed by atoms with van der Waals surface area (Å²) in [5.74, 6) is 1.06. The van der Waals surface area contributed by atoms with E-state index in [9.17, 15) is 14.5 Å². The van der Waals surface area contributed by atoms with Crippen LogP contribution in [0.3, 0.4) is 0 Å². The smallest absolute Gasteiger partial charge is 0.220 e. The Balaban J connectivity index is 1.66. The van der Waals surface area contributed by atoms with Gasteiger partial charge >= 0.3 is 0 Å². The van der Waals surface area contributed by atoms with Crippen LogP contribution in [0.2, 0.25) is 10.0 Å². The van der Waals surface area contributed by atoms with Gasteiger partial charge in [0.2, 0.25) is 6.54 Å². The third-order valence-electron chi connectivity index (χ3n) is 5.51. The normalized spacial score (nSPS) is 11.8. The van der Waals surface area contributed by atoms with Crippen LogP contribution in [-0.4, -0.2) is 32.8 Å². The van der Waals surface area contributed by atoms with Gasteiger partial charge in [0.25, 0.3) is 0 Å². The van der Waals surface area contributed by atoms with E-state index in [0.717, 1.165) is 5.56 Å². The molecular weight excluding hydrogens is 634 g/mol. The number of ether oxygens (including phenoxy) is 2. The van der Waals surface area contributed by atoms with Crippen molar-refractivity contribution in [2.24, 2.45) is 0 Å². The Kier molecular flexibility index (Phi) is 9.71. The lowest BCUT2D eigenvalue weighted by atomic mass is 10.1. The molecule has 1 heterocycles. The van der Waals surface area contributed by atoms with E-state index in [1.54, 1.807) is 54.0 Å². The molecule has 0 aliphatic rings. The van der Waals surface area contributed by atoms with Crippen LogP contribution in [-0.2, 0) is 6.61 Å². The molecule has 0 saturated carbocycles. The van der Waals surface area contributed by atoms with E-state index in [1.165, 1.54) is 23.9 Å². The van der Waals surface area contributed by atoms with E-state index in [4.69, 9.17) is 32.7 Å². The predicted octanol–water partition coefficient (Wildman–Crippen LogP) is 7.87. The molecule has 0 bridgehead atoms. The summed E-state index contributed by atoms with van der Waals surface area (Å²) in [5, 5.41) is 20.7. The minimum absolute atomic E-state index is 0.196. The topological polar surface area (TPSA) is 92.3 Å². The molecule has 39 heavy (non-hydrogen) atoms. The highest BCUT2D eigenvalue weighted by molar-refractivity contribution is 9.10. The van der Waals surface area contributed by atoms with Crippen molar-refractivity contribution in [3.05, 3.63) is 102 Å². The molecule has 4 aromatic rings. The summed E-state index contributed by atoms with van der Waals surface area (Å²) >= 11 is 16.9. The average molecular weight is 656 g/mol. The molecular formula is C26H22BrCl2FN4O4S. The Labute approximate surface area is 246 Å². The van der Waals surface area contributed by atoms with Crippen LogP contribution < -0.4 is 9.47 Å². The third-order valence-corrected chi connectivity index (χ3v) is 8.02. The van der Waals surface area contributed by atoms with E-state index >= 15 is 0 Å². The van der Waals surface area contributed by atoms with E-state index in [2.05, 4.69) is 26.1 Å². The number of rotatable bonds is 11. The van der Waals surface area contributed by atoms with Gasteiger partial charge in [0, 0.05) is 10.6 Å². The Bertz CT molecular complexity index is 1490. The molecule has 204 valence electrons. The summed E-state index contributed by atoms with van der Waals surface area (Å²) in [4.78, 5) is 11.3. The van der Waals surface area contributed by atoms with Gasteiger partial charge in [-0.15, -0.1) is 10.2 Å². The largest absolute Gasteiger partial charge is 0.490 e. The predicted molar refractivity (Wildman–Crippen MR) is 153 cm³/mol. The highest BCUT2D eigenvalue weighted by Crippen LogP contribution is 2.43. The molecule has 1 aromatic heterocycles. The van der Waals surface area contributed by atoms with Crippen molar-refractivity contribution >= 4 is 50.9 Å². The molecule has 0 fully saturated rings. The number of nitro groups is 1. The third kappa shape index (κ3) is 7.21. The van der Waals surface area contributed by atoms with Gasteiger partial charge in [0.05, 0.1) is 21.1 Å². The fraction of sp³-hybridized carbons (Fsp3) is 0.231. The molecule has 0 amide bonds. The van der Waals surface area contributed by atoms with Gasteiger partial charge in [-0.1, -0.05) is 41.0 Å². The molecule has 0 N–H and O–H groups in total. The first-order valence-corrected chi connectivity index (χ1v) is 14.1. The summed E-state index contributed by atoms with van der Waals surface area (Å²) in [5.41, 5.74) is 2.07. The summed E-state index contributed by atoms with van der Waals surface area (Å²) in [6, 6.07) is 14.6. The first-order chi connectivity index (χ1) is 18.7. The minimum Gasteiger partial charge on any atom is -0.490 e. The van der Waals surface area contributed by atoms with Gasteiger partial charge < -0.3 is 9.47 Å². The standard InChI is InChI=1S/C26H22BrCl2FN4O4S/c1-3-37-23-12-17(11-20(27)25(23)38-14-16-4-9-21(28)22(29)10-16)24(13-33(35)36)39-26-32-31-15(2)34(26)19-7-5-18(30)6-8-19/h4-12,24H,3,13-14H2,1-2H3/t24-/m1/s1. The van der Waals surface area contributed by atoms with Gasteiger partial charge in [-0.3, -0.25) is 14.7 Å². The SMILES string of the molecule is CCOc1cc([C@@H](C[N+](=O)[O-])Sc2nnc(C)n2-c2ccc(F)cc2)cc(Br)c1OCc1ccc(Cl)c(Cl)c1. The summed E-state index contributed by atoms with van der Waals surface area (Å²) in [6.45, 7) is 3.75. The van der Waals surface area contributed by atoms with Crippen molar-refractivity contribution < 1.29 is 18.8 Å². The average Bonchev–Trinajstić information content (AvgIpc) is 3.25. The number of aromatic nitrogens is 3. The van der Waals surface area contributed by atoms with Crippen LogP contribution in [0.4, 0.5) is 4.39 Å². The summed E-state index contributed by atoms with van der Waals surface area (Å²) in [7, 11) is 0. The second kappa shape index (κ2) is 13.0. The Hall–Kier alpha value is -2.86. The lowest BCUT2D eigenvalue weighted by Crippen LogP contribution is -2.12. The van der Waals surface area contributed by atoms with Crippen molar-refractivity contribution in [1.29, 1.82) is 0 Å². The number of aryl methyl sites for hydroxylation is 1. The van der Waals surface area contributed by atoms with E-state index in [0.29, 0.717) is 54.9 Å². The Morgan fingerprint density at radius 1 is 1.10 bits per heavy atom. The second-order valence-corrected chi connectivity index (χ2v) is 11.1. The Morgan fingerprint density at radius 2 is 1.85 bits per heavy atom. The molecule has 4 rings (SSSR count). The van der Waals surface area contributed by atoms with Crippen LogP contribution in [0.5, 0.6) is 11.5 Å². The van der Waals surface area contributed by atoms with Gasteiger partial charge in [-0.2, -0.15) is 0 Å². The first-order valence-electron chi connectivity index (χ1n) is 11.7. The first kappa shape index (κ1) is 29.1. The summed E-state index contributed by atoms with van der Waals surface area (Å²) < 4.78 is 27.7. The maximum absolute atomic E-state index is 13.5. The van der Waals surface area contributed by atoms with E-state index in [1.807, 2.05) is 6.92 Å². The lowest BCUT2D eigenvalue weighted by molar-refractivity contribution is -0.479. The molecule has 0 radical (unpaired) electrons. The van der Waals surface area contributed by atoms with Crippen LogP contribution in [0.1, 0.15) is 29.1 Å². The monoisotopic (exact) mass is 654 g/mol. The number of hydrogen-bond acceptors (Lipinski definition) is 7. The van der Waals surface area contributed by atoms with Crippen LogP contribution in [0, 0.1) is 22.9 Å². The zero-order chi connectivity index (χ0) is 28.1. The molecule has 1 atom stereocenters. The van der Waals surface area contributed by atoms with Crippen molar-refractivity contribution in [3.63, 3.8) is 0 Å². The molecule has 8 nitrogen and oxygen atoms in total. The van der Waals surface area contributed by atoms with E-state index < -0.39 is 5.25 Å². The number of nitrogens with zero attached hydrogens (tertiary/aromatic N) is 4. The highest BCUT2D eigenvalue weighted by Gasteiger charge is 2.26. The van der Waals surface area contributed by atoms with Gasteiger partial charge in [0.15, 0.2) is 16.7 Å². The maximum Gasteiger partial charge on any atom is 0.220 e. The van der Waals surface area contributed by atoms with E-state index in [-0.39, 0.29) is 23.9 Å². The van der Waals surface area contributed by atoms with Crippen molar-refractivity contribution in [2.45, 2.75) is 30.9 Å². The Morgan fingerprint density at radius 3 is 2.51 bits per heavy atom. The minimum atomic E-state index is -0.651. The molecule has 0 aliphatic carbocycles. The number of halogens is 4. The van der Waals surface area contributed by atoms with Gasteiger partial charge in [-0.25, -0.2) is 4.39 Å². The molecule has 0 spiro atoms. The summed E-state index contributed by atoms with van der Waals surface area (Å²) in [6.07, 6.45) is 0. The van der Waals surface area contributed by atoms with Crippen LogP contribution in [0.25, 0.3) is 5.69 Å². The van der Waals surface area contributed by atoms with Crippen LogP contribution >= 0.6 is 50.9 Å². The van der Waals surface area contributed by atoms with Crippen molar-refractivity contribution in [3.8, 4) is 17.2 Å². The van der Waals surface area contributed by atoms with Crippen molar-refractivity contribution in [2.75, 3.05) is 13.2 Å². The second-order valence-electron chi connectivity index (χ2n) is 8.26. The molecule has 0 unspecified atom stereocenters. The number of hydrogen-bond donors (Lipinski definition) is 0. The van der Waals surface area contributed by atoms with Crippen LogP contribution in [0.15, 0.2) is 64.2 Å². The fourth-order valence-corrected chi connectivity index (χ4v) is 5.79. The number of thioether (sulfide) groups is 1. The molecule has 3 aromatic carbocycles. The quantitative estimate of drug-likeness (QED) is 0.0922. The van der Waals surface area contributed by atoms with Gasteiger partial charge in [0.1, 0.15) is 23.5 Å². The zero-order valence-electron chi connectivity index (χ0n) is 20.7. The van der Waals surface area contributed by atoms with Gasteiger partial charge in [-0.05, 0) is 89.4 Å². The highest BCUT2D eigenvalue weighted by atomic mass is 79.9. The molecule has 0 aliphatic heterocycles. The number of benzene rings is 3.